The highest BCUT2D eigenvalue weighted by Gasteiger charge is 2.21. The smallest absolute Gasteiger partial charge is 0.253 e. The van der Waals surface area contributed by atoms with Crippen molar-refractivity contribution in [2.45, 2.75) is 13.5 Å². The number of rotatable bonds is 6. The summed E-state index contributed by atoms with van der Waals surface area (Å²) in [5.41, 5.74) is 3.04. The van der Waals surface area contributed by atoms with E-state index >= 15 is 0 Å². The molecule has 2 aromatic carbocycles. The average Bonchev–Trinajstić information content (AvgIpc) is 3.40. The van der Waals surface area contributed by atoms with Gasteiger partial charge in [0.15, 0.2) is 0 Å². The number of nitrogens with zero attached hydrogens (tertiary/aromatic N) is 1. The predicted octanol–water partition coefficient (Wildman–Crippen LogP) is 5.12. The maximum atomic E-state index is 14.7. The molecule has 0 radical (unpaired) electrons. The number of hydrogen-bond acceptors (Lipinski definition) is 3. The second-order valence-electron chi connectivity index (χ2n) is 6.81. The Kier molecular flexibility index (Phi) is 5.39. The molecule has 30 heavy (non-hydrogen) atoms. The van der Waals surface area contributed by atoms with Crippen molar-refractivity contribution in [1.29, 1.82) is 0 Å². The molecule has 0 atom stereocenters. The summed E-state index contributed by atoms with van der Waals surface area (Å²) in [5.74, 6) is 0.753. The number of para-hydroxylation sites is 1. The second-order valence-corrected chi connectivity index (χ2v) is 6.81. The molecule has 0 saturated carbocycles. The quantitative estimate of drug-likeness (QED) is 0.485. The minimum Gasteiger partial charge on any atom is -0.497 e. The molecule has 0 unspecified atom stereocenters. The van der Waals surface area contributed by atoms with Gasteiger partial charge in [-0.05, 0) is 67.1 Å². The Morgan fingerprint density at radius 1 is 1.10 bits per heavy atom. The molecule has 1 amide bonds. The fourth-order valence-corrected chi connectivity index (χ4v) is 3.43. The van der Waals surface area contributed by atoms with Crippen LogP contribution >= 0.6 is 0 Å². The number of ether oxygens (including phenoxy) is 1. The second kappa shape index (κ2) is 8.29. The number of methoxy groups -OCH3 is 1. The summed E-state index contributed by atoms with van der Waals surface area (Å²) in [7, 11) is 1.60. The van der Waals surface area contributed by atoms with Gasteiger partial charge in [0.1, 0.15) is 17.3 Å². The first kappa shape index (κ1) is 19.5. The number of amides is 1. The molecule has 0 bridgehead atoms. The van der Waals surface area contributed by atoms with Crippen LogP contribution in [0.25, 0.3) is 16.9 Å². The third-order valence-electron chi connectivity index (χ3n) is 4.97. The van der Waals surface area contributed by atoms with Crippen LogP contribution in [0.1, 0.15) is 21.8 Å². The van der Waals surface area contributed by atoms with Gasteiger partial charge in [-0.15, -0.1) is 0 Å². The highest BCUT2D eigenvalue weighted by atomic mass is 19.1. The van der Waals surface area contributed by atoms with E-state index in [1.54, 1.807) is 61.3 Å². The third-order valence-corrected chi connectivity index (χ3v) is 4.97. The van der Waals surface area contributed by atoms with Crippen LogP contribution in [-0.2, 0) is 6.54 Å². The number of furan rings is 1. The van der Waals surface area contributed by atoms with E-state index in [1.807, 2.05) is 24.3 Å². The number of carbonyl (C=O) groups excluding carboxylic acids is 1. The Balaban J connectivity index is 1.78. The minimum atomic E-state index is -0.367. The van der Waals surface area contributed by atoms with E-state index in [9.17, 15) is 9.18 Å². The number of benzene rings is 2. The zero-order chi connectivity index (χ0) is 21.1. The van der Waals surface area contributed by atoms with Gasteiger partial charge < -0.3 is 19.0 Å². The Morgan fingerprint density at radius 3 is 2.53 bits per heavy atom. The van der Waals surface area contributed by atoms with Gasteiger partial charge in [-0.25, -0.2) is 4.39 Å². The largest absolute Gasteiger partial charge is 0.497 e. The lowest BCUT2D eigenvalue weighted by Gasteiger charge is -2.13. The van der Waals surface area contributed by atoms with E-state index in [2.05, 4.69) is 5.32 Å². The number of halogens is 1. The van der Waals surface area contributed by atoms with Gasteiger partial charge in [-0.3, -0.25) is 4.79 Å². The van der Waals surface area contributed by atoms with Crippen molar-refractivity contribution in [3.8, 4) is 22.7 Å². The van der Waals surface area contributed by atoms with E-state index in [1.165, 1.54) is 6.07 Å². The monoisotopic (exact) mass is 404 g/mol. The number of aromatic nitrogens is 1. The maximum absolute atomic E-state index is 14.7. The number of nitrogens with one attached hydrogen (secondary N) is 1. The van der Waals surface area contributed by atoms with Gasteiger partial charge in [0.25, 0.3) is 5.91 Å². The van der Waals surface area contributed by atoms with Crippen molar-refractivity contribution in [3.63, 3.8) is 0 Å². The normalized spacial score (nSPS) is 10.8. The fraction of sp³-hybridized carbons (Fsp3) is 0.125. The molecule has 5 nitrogen and oxygen atoms in total. The van der Waals surface area contributed by atoms with Crippen LogP contribution in [0.4, 0.5) is 4.39 Å². The molecule has 6 heteroatoms. The van der Waals surface area contributed by atoms with E-state index in [0.717, 1.165) is 11.3 Å². The first-order chi connectivity index (χ1) is 14.6. The van der Waals surface area contributed by atoms with Crippen molar-refractivity contribution in [2.75, 3.05) is 7.11 Å². The van der Waals surface area contributed by atoms with E-state index in [0.29, 0.717) is 28.4 Å². The molecule has 0 aliphatic rings. The molecule has 1 N–H and O–H groups in total. The van der Waals surface area contributed by atoms with Crippen molar-refractivity contribution < 1.29 is 18.3 Å². The molecule has 0 fully saturated rings. The zero-order valence-corrected chi connectivity index (χ0v) is 16.7. The van der Waals surface area contributed by atoms with Gasteiger partial charge in [0.05, 0.1) is 36.9 Å². The molecule has 0 spiro atoms. The molecule has 0 aliphatic heterocycles. The fourth-order valence-electron chi connectivity index (χ4n) is 3.43. The maximum Gasteiger partial charge on any atom is 0.253 e. The van der Waals surface area contributed by atoms with E-state index in [4.69, 9.17) is 9.15 Å². The average molecular weight is 404 g/mol. The lowest BCUT2D eigenvalue weighted by atomic mass is 10.1. The highest BCUT2D eigenvalue weighted by molar-refractivity contribution is 5.97. The van der Waals surface area contributed by atoms with Crippen LogP contribution in [0.2, 0.25) is 0 Å². The van der Waals surface area contributed by atoms with Crippen LogP contribution in [-0.4, -0.2) is 17.6 Å². The zero-order valence-electron chi connectivity index (χ0n) is 16.7. The Morgan fingerprint density at radius 2 is 1.87 bits per heavy atom. The number of hydrogen-bond donors (Lipinski definition) is 1. The SMILES string of the molecule is COc1ccc(-c2cc(C(=O)NCc3ccco3)c(C)n2-c2ccccc2F)cc1. The third kappa shape index (κ3) is 3.72. The predicted molar refractivity (Wildman–Crippen MR) is 112 cm³/mol. The summed E-state index contributed by atoms with van der Waals surface area (Å²) in [6.07, 6.45) is 1.56. The first-order valence-electron chi connectivity index (χ1n) is 9.50. The van der Waals surface area contributed by atoms with Crippen molar-refractivity contribution in [2.24, 2.45) is 0 Å². The van der Waals surface area contributed by atoms with Crippen LogP contribution in [0, 0.1) is 12.7 Å². The lowest BCUT2D eigenvalue weighted by Crippen LogP contribution is -2.23. The summed E-state index contributed by atoms with van der Waals surface area (Å²) < 4.78 is 26.9. The molecule has 0 saturated heterocycles. The van der Waals surface area contributed by atoms with Gasteiger partial charge in [-0.2, -0.15) is 0 Å². The Hall–Kier alpha value is -3.80. The van der Waals surface area contributed by atoms with Crippen molar-refractivity contribution in [1.82, 2.24) is 9.88 Å². The molecule has 4 aromatic rings. The molecule has 152 valence electrons. The molecule has 2 aromatic heterocycles. The van der Waals surface area contributed by atoms with E-state index < -0.39 is 0 Å². The topological polar surface area (TPSA) is 56.4 Å². The Bertz CT molecular complexity index is 1160. The van der Waals surface area contributed by atoms with Crippen LogP contribution in [0.15, 0.2) is 77.4 Å². The lowest BCUT2D eigenvalue weighted by molar-refractivity contribution is 0.0947. The van der Waals surface area contributed by atoms with Crippen LogP contribution < -0.4 is 10.1 Å². The molecule has 2 heterocycles. The van der Waals surface area contributed by atoms with Crippen LogP contribution in [0.5, 0.6) is 5.75 Å². The Labute approximate surface area is 173 Å². The number of carbonyl (C=O) groups is 1. The van der Waals surface area contributed by atoms with Gasteiger partial charge in [-0.1, -0.05) is 12.1 Å². The molecule has 0 aliphatic carbocycles. The summed E-state index contributed by atoms with van der Waals surface area (Å²) in [5, 5.41) is 2.86. The van der Waals surface area contributed by atoms with Gasteiger partial charge in [0, 0.05) is 5.69 Å². The summed E-state index contributed by atoms with van der Waals surface area (Å²) in [6, 6.07) is 19.3. The minimum absolute atomic E-state index is 0.256. The summed E-state index contributed by atoms with van der Waals surface area (Å²) >= 11 is 0. The molecule has 4 rings (SSSR count). The van der Waals surface area contributed by atoms with Crippen molar-refractivity contribution in [3.05, 3.63) is 95.8 Å². The highest BCUT2D eigenvalue weighted by Crippen LogP contribution is 2.31. The standard InChI is InChI=1S/C24H21FN2O3/c1-16-20(24(28)26-15-19-6-5-13-30-19)14-23(17-9-11-18(29-2)12-10-17)27(16)22-8-4-3-7-21(22)25/h3-14H,15H2,1-2H3,(H,26,28). The first-order valence-corrected chi connectivity index (χ1v) is 9.50. The summed E-state index contributed by atoms with van der Waals surface area (Å²) in [6.45, 7) is 2.08. The van der Waals surface area contributed by atoms with Crippen molar-refractivity contribution >= 4 is 5.91 Å². The summed E-state index contributed by atoms with van der Waals surface area (Å²) in [4.78, 5) is 12.9. The molecular formula is C24H21FN2O3. The van der Waals surface area contributed by atoms with Crippen LogP contribution in [0.3, 0.4) is 0 Å². The van der Waals surface area contributed by atoms with Gasteiger partial charge in [0.2, 0.25) is 0 Å². The van der Waals surface area contributed by atoms with Gasteiger partial charge >= 0.3 is 0 Å². The van der Waals surface area contributed by atoms with E-state index in [-0.39, 0.29) is 18.3 Å². The molecular weight excluding hydrogens is 383 g/mol.